The number of piperidine rings is 1. The first kappa shape index (κ1) is 23.0. The summed E-state index contributed by atoms with van der Waals surface area (Å²) in [4.78, 5) is 40.1. The van der Waals surface area contributed by atoms with Crippen LogP contribution < -0.4 is 5.32 Å². The van der Waals surface area contributed by atoms with Crippen molar-refractivity contribution in [3.63, 3.8) is 0 Å². The Labute approximate surface area is 187 Å². The van der Waals surface area contributed by atoms with E-state index in [2.05, 4.69) is 26.1 Å². The standard InChI is InChI=1S/C24H30N2O4S/c1-16(21(27)25-19-11-9-18(10-12-19)24(2,3)4)30-23(29)17-7-5-13-26(15-17)22(28)20-8-6-14-31-20/h6,8-12,14,16-17H,5,7,13,15H2,1-4H3,(H,25,27). The zero-order chi connectivity index (χ0) is 22.6. The van der Waals surface area contributed by atoms with Crippen LogP contribution in [0.25, 0.3) is 0 Å². The smallest absolute Gasteiger partial charge is 0.311 e. The average molecular weight is 443 g/mol. The summed E-state index contributed by atoms with van der Waals surface area (Å²) in [7, 11) is 0. The van der Waals surface area contributed by atoms with Crippen LogP contribution in [0, 0.1) is 5.92 Å². The van der Waals surface area contributed by atoms with Gasteiger partial charge in [0.05, 0.1) is 10.8 Å². The zero-order valence-electron chi connectivity index (χ0n) is 18.5. The Morgan fingerprint density at radius 3 is 2.48 bits per heavy atom. The van der Waals surface area contributed by atoms with Crippen LogP contribution in [-0.4, -0.2) is 41.9 Å². The molecule has 7 heteroatoms. The fraction of sp³-hybridized carbons (Fsp3) is 0.458. The first-order valence-electron chi connectivity index (χ1n) is 10.6. The topological polar surface area (TPSA) is 75.7 Å². The van der Waals surface area contributed by atoms with Gasteiger partial charge >= 0.3 is 5.97 Å². The van der Waals surface area contributed by atoms with E-state index in [0.717, 1.165) is 6.42 Å². The molecule has 31 heavy (non-hydrogen) atoms. The highest BCUT2D eigenvalue weighted by Crippen LogP contribution is 2.24. The third kappa shape index (κ3) is 5.94. The summed E-state index contributed by atoms with van der Waals surface area (Å²) >= 11 is 1.39. The van der Waals surface area contributed by atoms with Gasteiger partial charge in [-0.15, -0.1) is 11.3 Å². The molecule has 0 aliphatic carbocycles. The molecule has 0 radical (unpaired) electrons. The van der Waals surface area contributed by atoms with Gasteiger partial charge in [-0.1, -0.05) is 39.0 Å². The summed E-state index contributed by atoms with van der Waals surface area (Å²) in [6.45, 7) is 8.89. The number of rotatable bonds is 5. The van der Waals surface area contributed by atoms with Gasteiger partial charge in [0.1, 0.15) is 0 Å². The number of hydrogen-bond donors (Lipinski definition) is 1. The van der Waals surface area contributed by atoms with Crippen molar-refractivity contribution in [3.8, 4) is 0 Å². The second-order valence-electron chi connectivity index (χ2n) is 8.96. The molecule has 0 saturated carbocycles. The molecule has 3 rings (SSSR count). The number of benzene rings is 1. The largest absolute Gasteiger partial charge is 0.452 e. The maximum atomic E-state index is 12.6. The lowest BCUT2D eigenvalue weighted by molar-refractivity contribution is -0.158. The Kier molecular flexibility index (Phi) is 7.15. The fourth-order valence-corrected chi connectivity index (χ4v) is 4.22. The maximum Gasteiger partial charge on any atom is 0.311 e. The van der Waals surface area contributed by atoms with Crippen molar-refractivity contribution < 1.29 is 19.1 Å². The van der Waals surface area contributed by atoms with E-state index in [9.17, 15) is 14.4 Å². The van der Waals surface area contributed by atoms with Gasteiger partial charge in [-0.2, -0.15) is 0 Å². The van der Waals surface area contributed by atoms with Gasteiger partial charge in [0.15, 0.2) is 6.10 Å². The number of nitrogens with zero attached hydrogens (tertiary/aromatic N) is 1. The Hall–Kier alpha value is -2.67. The summed E-state index contributed by atoms with van der Waals surface area (Å²) in [6, 6.07) is 11.3. The lowest BCUT2D eigenvalue weighted by Crippen LogP contribution is -2.43. The molecular formula is C24H30N2O4S. The summed E-state index contributed by atoms with van der Waals surface area (Å²) < 4.78 is 5.43. The minimum Gasteiger partial charge on any atom is -0.452 e. The third-order valence-electron chi connectivity index (χ3n) is 5.45. The van der Waals surface area contributed by atoms with Crippen molar-refractivity contribution in [1.29, 1.82) is 0 Å². The van der Waals surface area contributed by atoms with E-state index in [4.69, 9.17) is 4.74 Å². The molecule has 2 atom stereocenters. The molecule has 2 amide bonds. The van der Waals surface area contributed by atoms with Gasteiger partial charge in [0.2, 0.25) is 0 Å². The second-order valence-corrected chi connectivity index (χ2v) is 9.91. The Morgan fingerprint density at radius 2 is 1.87 bits per heavy atom. The summed E-state index contributed by atoms with van der Waals surface area (Å²) in [5.41, 5.74) is 1.86. The van der Waals surface area contributed by atoms with Crippen LogP contribution >= 0.6 is 11.3 Å². The number of thiophene rings is 1. The minimum atomic E-state index is -0.918. The van der Waals surface area contributed by atoms with Gasteiger partial charge < -0.3 is 15.0 Å². The average Bonchev–Trinajstić information content (AvgIpc) is 3.28. The second kappa shape index (κ2) is 9.64. The van der Waals surface area contributed by atoms with Crippen LogP contribution in [0.5, 0.6) is 0 Å². The summed E-state index contributed by atoms with van der Waals surface area (Å²) in [6.07, 6.45) is 0.464. The first-order valence-corrected chi connectivity index (χ1v) is 11.5. The molecule has 1 aromatic heterocycles. The zero-order valence-corrected chi connectivity index (χ0v) is 19.3. The van der Waals surface area contributed by atoms with Crippen molar-refractivity contribution in [2.24, 2.45) is 5.92 Å². The van der Waals surface area contributed by atoms with Gasteiger partial charge in [0.25, 0.3) is 11.8 Å². The normalized spacial score (nSPS) is 17.7. The van der Waals surface area contributed by atoms with Crippen molar-refractivity contribution in [1.82, 2.24) is 4.90 Å². The molecular weight excluding hydrogens is 412 g/mol. The highest BCUT2D eigenvalue weighted by molar-refractivity contribution is 7.12. The molecule has 6 nitrogen and oxygen atoms in total. The summed E-state index contributed by atoms with van der Waals surface area (Å²) in [5, 5.41) is 4.66. The molecule has 2 aromatic rings. The van der Waals surface area contributed by atoms with Gasteiger partial charge in [-0.3, -0.25) is 14.4 Å². The van der Waals surface area contributed by atoms with Crippen LogP contribution in [0.3, 0.4) is 0 Å². The molecule has 1 aliphatic rings. The van der Waals surface area contributed by atoms with Gasteiger partial charge in [-0.25, -0.2) is 0 Å². The monoisotopic (exact) mass is 442 g/mol. The molecule has 1 aliphatic heterocycles. The number of carbonyl (C=O) groups excluding carboxylic acids is 3. The van der Waals surface area contributed by atoms with Gasteiger partial charge in [-0.05, 0) is 54.3 Å². The van der Waals surface area contributed by atoms with Crippen molar-refractivity contribution in [2.75, 3.05) is 18.4 Å². The van der Waals surface area contributed by atoms with Crippen molar-refractivity contribution in [2.45, 2.75) is 52.1 Å². The SMILES string of the molecule is CC(OC(=O)C1CCCN(C(=O)c2cccs2)C1)C(=O)Nc1ccc(C(C)(C)C)cc1. The molecule has 1 aromatic carbocycles. The van der Waals surface area contributed by atoms with E-state index in [1.165, 1.54) is 16.9 Å². The number of anilines is 1. The summed E-state index contributed by atoms with van der Waals surface area (Å²) in [5.74, 6) is -1.29. The number of likely N-dealkylation sites (tertiary alicyclic amines) is 1. The van der Waals surface area contributed by atoms with E-state index >= 15 is 0 Å². The number of esters is 1. The molecule has 0 spiro atoms. The predicted octanol–water partition coefficient (Wildman–Crippen LogP) is 4.47. The number of hydrogen-bond acceptors (Lipinski definition) is 5. The lowest BCUT2D eigenvalue weighted by Gasteiger charge is -2.31. The third-order valence-corrected chi connectivity index (χ3v) is 6.31. The first-order chi connectivity index (χ1) is 14.6. The molecule has 166 valence electrons. The Morgan fingerprint density at radius 1 is 1.16 bits per heavy atom. The quantitative estimate of drug-likeness (QED) is 0.694. The van der Waals surface area contributed by atoms with E-state index < -0.39 is 18.0 Å². The maximum absolute atomic E-state index is 12.6. The number of carbonyl (C=O) groups is 3. The van der Waals surface area contributed by atoms with Crippen molar-refractivity contribution >= 4 is 34.8 Å². The molecule has 1 N–H and O–H groups in total. The highest BCUT2D eigenvalue weighted by atomic mass is 32.1. The molecule has 1 fully saturated rings. The van der Waals surface area contributed by atoms with Crippen LogP contribution in [0.4, 0.5) is 5.69 Å². The van der Waals surface area contributed by atoms with E-state index in [1.807, 2.05) is 35.7 Å². The Balaban J connectivity index is 1.53. The van der Waals surface area contributed by atoms with E-state index in [0.29, 0.717) is 30.1 Å². The number of nitrogens with one attached hydrogen (secondary N) is 1. The molecule has 1 saturated heterocycles. The molecule has 2 heterocycles. The molecule has 2 unspecified atom stereocenters. The highest BCUT2D eigenvalue weighted by Gasteiger charge is 2.32. The predicted molar refractivity (Wildman–Crippen MR) is 122 cm³/mol. The van der Waals surface area contributed by atoms with E-state index in [-0.39, 0.29) is 17.2 Å². The molecule has 0 bridgehead atoms. The lowest BCUT2D eigenvalue weighted by atomic mass is 9.87. The van der Waals surface area contributed by atoms with E-state index in [1.54, 1.807) is 17.9 Å². The van der Waals surface area contributed by atoms with Crippen LogP contribution in [-0.2, 0) is 19.7 Å². The minimum absolute atomic E-state index is 0.0319. The van der Waals surface area contributed by atoms with Crippen LogP contribution in [0.15, 0.2) is 41.8 Å². The Bertz CT molecular complexity index is 916. The fourth-order valence-electron chi connectivity index (χ4n) is 3.53. The van der Waals surface area contributed by atoms with Crippen molar-refractivity contribution in [3.05, 3.63) is 52.2 Å². The number of ether oxygens (including phenoxy) is 1. The van der Waals surface area contributed by atoms with Crippen LogP contribution in [0.1, 0.15) is 55.8 Å². The number of amides is 2. The van der Waals surface area contributed by atoms with Crippen LogP contribution in [0.2, 0.25) is 0 Å². The van der Waals surface area contributed by atoms with Gasteiger partial charge in [0, 0.05) is 18.8 Å².